The number of anilines is 1. The molecular weight excluding hydrogens is 626 g/mol. The first-order valence-corrected chi connectivity index (χ1v) is 15.6. The molecule has 0 saturated heterocycles. The Morgan fingerprint density at radius 1 is 0.977 bits per heavy atom. The SMILES string of the molecule is CCCCNC(=O)[C@@H](C)N(Cc1ccc(Cl)c(Cl)c1)C(=O)CN(c1cccc(C(F)(F)F)c1)S(=O)(=O)c1ccc(C)cc1. The van der Waals surface area contributed by atoms with Gasteiger partial charge >= 0.3 is 6.18 Å². The Kier molecular flexibility index (Phi) is 11.5. The molecule has 0 fully saturated rings. The first-order valence-electron chi connectivity index (χ1n) is 13.4. The molecule has 0 unspecified atom stereocenters. The normalized spacial score (nSPS) is 12.5. The molecule has 0 saturated carbocycles. The van der Waals surface area contributed by atoms with Crippen molar-refractivity contribution < 1.29 is 31.2 Å². The van der Waals surface area contributed by atoms with Crippen molar-refractivity contribution in [3.63, 3.8) is 0 Å². The summed E-state index contributed by atoms with van der Waals surface area (Å²) < 4.78 is 69.1. The topological polar surface area (TPSA) is 86.8 Å². The van der Waals surface area contributed by atoms with Gasteiger partial charge in [-0.15, -0.1) is 0 Å². The molecule has 0 bridgehead atoms. The monoisotopic (exact) mass is 657 g/mol. The van der Waals surface area contributed by atoms with Gasteiger partial charge < -0.3 is 10.2 Å². The summed E-state index contributed by atoms with van der Waals surface area (Å²) in [5.41, 5.74) is -0.185. The summed E-state index contributed by atoms with van der Waals surface area (Å²) in [6, 6.07) is 13.0. The summed E-state index contributed by atoms with van der Waals surface area (Å²) in [5, 5.41) is 3.24. The molecule has 3 aromatic rings. The van der Waals surface area contributed by atoms with E-state index in [2.05, 4.69) is 5.32 Å². The van der Waals surface area contributed by atoms with E-state index < -0.39 is 46.2 Å². The van der Waals surface area contributed by atoms with Gasteiger partial charge in [-0.1, -0.05) is 66.4 Å². The minimum Gasteiger partial charge on any atom is -0.354 e. The Balaban J connectivity index is 2.08. The van der Waals surface area contributed by atoms with Gasteiger partial charge in [0.05, 0.1) is 26.2 Å². The number of alkyl halides is 3. The molecular formula is C30H32Cl2F3N3O4S. The Labute approximate surface area is 259 Å². The second kappa shape index (κ2) is 14.5. The molecule has 0 aromatic heterocycles. The van der Waals surface area contributed by atoms with Gasteiger partial charge in [-0.3, -0.25) is 13.9 Å². The average molecular weight is 659 g/mol. The van der Waals surface area contributed by atoms with E-state index in [4.69, 9.17) is 23.2 Å². The van der Waals surface area contributed by atoms with Crippen LogP contribution in [0.3, 0.4) is 0 Å². The lowest BCUT2D eigenvalue weighted by Gasteiger charge is -2.32. The number of carbonyl (C=O) groups excluding carboxylic acids is 2. The molecule has 2 amide bonds. The predicted octanol–water partition coefficient (Wildman–Crippen LogP) is 6.85. The zero-order valence-corrected chi connectivity index (χ0v) is 26.1. The second-order valence-electron chi connectivity index (χ2n) is 9.96. The van der Waals surface area contributed by atoms with Crippen LogP contribution in [0.15, 0.2) is 71.6 Å². The zero-order chi connectivity index (χ0) is 31.9. The van der Waals surface area contributed by atoms with Gasteiger partial charge in [-0.05, 0) is 68.3 Å². The molecule has 0 radical (unpaired) electrons. The smallest absolute Gasteiger partial charge is 0.354 e. The van der Waals surface area contributed by atoms with Crippen molar-refractivity contribution >= 4 is 50.7 Å². The third-order valence-electron chi connectivity index (χ3n) is 6.68. The maximum Gasteiger partial charge on any atom is 0.416 e. The summed E-state index contributed by atoms with van der Waals surface area (Å²) in [4.78, 5) is 27.9. The van der Waals surface area contributed by atoms with Crippen LogP contribution in [-0.4, -0.2) is 44.3 Å². The van der Waals surface area contributed by atoms with Crippen LogP contribution < -0.4 is 9.62 Å². The molecule has 232 valence electrons. The highest BCUT2D eigenvalue weighted by molar-refractivity contribution is 7.92. The number of halogens is 5. The van der Waals surface area contributed by atoms with E-state index in [9.17, 15) is 31.2 Å². The Morgan fingerprint density at radius 3 is 2.26 bits per heavy atom. The molecule has 0 aliphatic rings. The number of nitrogens with one attached hydrogen (secondary N) is 1. The largest absolute Gasteiger partial charge is 0.416 e. The standard InChI is InChI=1S/C30H32Cl2F3N3O4S/c1-4-5-15-36-29(40)21(3)37(18-22-11-14-26(31)27(32)16-22)28(39)19-38(24-8-6-7-23(17-24)30(33,34)35)43(41,42)25-12-9-20(2)10-13-25/h6-14,16-17,21H,4-5,15,18-19H2,1-3H3,(H,36,40)/t21-/m1/s1. The van der Waals surface area contributed by atoms with Gasteiger partial charge in [0, 0.05) is 13.1 Å². The number of unbranched alkanes of at least 4 members (excludes halogenated alkanes) is 1. The van der Waals surface area contributed by atoms with Crippen LogP contribution in [0.5, 0.6) is 0 Å². The summed E-state index contributed by atoms with van der Waals surface area (Å²) >= 11 is 12.2. The van der Waals surface area contributed by atoms with Crippen LogP contribution in [0.4, 0.5) is 18.9 Å². The van der Waals surface area contributed by atoms with Crippen molar-refractivity contribution in [1.29, 1.82) is 0 Å². The number of hydrogen-bond acceptors (Lipinski definition) is 4. The minimum atomic E-state index is -4.76. The molecule has 1 atom stereocenters. The van der Waals surface area contributed by atoms with E-state index in [1.807, 2.05) is 6.92 Å². The molecule has 0 aliphatic carbocycles. The molecule has 0 heterocycles. The number of amides is 2. The molecule has 7 nitrogen and oxygen atoms in total. The summed E-state index contributed by atoms with van der Waals surface area (Å²) in [6.45, 7) is 4.52. The Bertz CT molecular complexity index is 1550. The summed E-state index contributed by atoms with van der Waals surface area (Å²) in [5.74, 6) is -1.30. The predicted molar refractivity (Wildman–Crippen MR) is 162 cm³/mol. The highest BCUT2D eigenvalue weighted by Gasteiger charge is 2.35. The van der Waals surface area contributed by atoms with Crippen LogP contribution in [0, 0.1) is 6.92 Å². The van der Waals surface area contributed by atoms with Gasteiger partial charge in [0.1, 0.15) is 12.6 Å². The lowest BCUT2D eigenvalue weighted by Crippen LogP contribution is -2.51. The molecule has 3 aromatic carbocycles. The van der Waals surface area contributed by atoms with Gasteiger partial charge in [0.15, 0.2) is 0 Å². The summed E-state index contributed by atoms with van der Waals surface area (Å²) in [7, 11) is -4.53. The number of carbonyl (C=O) groups is 2. The fraction of sp³-hybridized carbons (Fsp3) is 0.333. The first kappa shape index (κ1) is 34.2. The lowest BCUT2D eigenvalue weighted by molar-refractivity contribution is -0.139. The third kappa shape index (κ3) is 8.87. The number of rotatable bonds is 12. The van der Waals surface area contributed by atoms with E-state index in [1.165, 1.54) is 49.4 Å². The highest BCUT2D eigenvalue weighted by atomic mass is 35.5. The van der Waals surface area contributed by atoms with Crippen LogP contribution in [0.2, 0.25) is 10.0 Å². The third-order valence-corrected chi connectivity index (χ3v) is 9.21. The van der Waals surface area contributed by atoms with E-state index in [0.717, 1.165) is 29.0 Å². The Hall–Kier alpha value is -3.28. The van der Waals surface area contributed by atoms with E-state index in [-0.39, 0.29) is 27.2 Å². The quantitative estimate of drug-likeness (QED) is 0.216. The molecule has 43 heavy (non-hydrogen) atoms. The number of aryl methyl sites for hydroxylation is 1. The van der Waals surface area contributed by atoms with Crippen molar-refractivity contribution in [2.24, 2.45) is 0 Å². The fourth-order valence-electron chi connectivity index (χ4n) is 4.16. The van der Waals surface area contributed by atoms with E-state index >= 15 is 0 Å². The highest BCUT2D eigenvalue weighted by Crippen LogP contribution is 2.33. The number of benzene rings is 3. The number of nitrogens with zero attached hydrogens (tertiary/aromatic N) is 2. The zero-order valence-electron chi connectivity index (χ0n) is 23.8. The first-order chi connectivity index (χ1) is 20.1. The second-order valence-corrected chi connectivity index (χ2v) is 12.6. The van der Waals surface area contributed by atoms with Gasteiger partial charge in [-0.25, -0.2) is 8.42 Å². The lowest BCUT2D eigenvalue weighted by atomic mass is 10.1. The van der Waals surface area contributed by atoms with Crippen LogP contribution in [0.1, 0.15) is 43.4 Å². The number of sulfonamides is 1. The van der Waals surface area contributed by atoms with Crippen molar-refractivity contribution in [1.82, 2.24) is 10.2 Å². The maximum absolute atomic E-state index is 13.9. The molecule has 1 N–H and O–H groups in total. The molecule has 0 spiro atoms. The van der Waals surface area contributed by atoms with E-state index in [1.54, 1.807) is 13.0 Å². The van der Waals surface area contributed by atoms with Crippen LogP contribution >= 0.6 is 23.2 Å². The summed E-state index contributed by atoms with van der Waals surface area (Å²) in [6.07, 6.45) is -3.23. The molecule has 3 rings (SSSR count). The van der Waals surface area contributed by atoms with Gasteiger partial charge in [0.25, 0.3) is 10.0 Å². The Morgan fingerprint density at radius 2 is 1.65 bits per heavy atom. The van der Waals surface area contributed by atoms with Gasteiger partial charge in [0.2, 0.25) is 11.8 Å². The molecule has 13 heteroatoms. The van der Waals surface area contributed by atoms with Crippen molar-refractivity contribution in [2.75, 3.05) is 17.4 Å². The van der Waals surface area contributed by atoms with Crippen molar-refractivity contribution in [2.45, 2.75) is 57.3 Å². The number of hydrogen-bond donors (Lipinski definition) is 1. The van der Waals surface area contributed by atoms with Crippen LogP contribution in [0.25, 0.3) is 0 Å². The van der Waals surface area contributed by atoms with Gasteiger partial charge in [-0.2, -0.15) is 13.2 Å². The fourth-order valence-corrected chi connectivity index (χ4v) is 5.88. The average Bonchev–Trinajstić information content (AvgIpc) is 2.95. The maximum atomic E-state index is 13.9. The van der Waals surface area contributed by atoms with E-state index in [0.29, 0.717) is 28.9 Å². The van der Waals surface area contributed by atoms with Crippen molar-refractivity contribution in [3.05, 3.63) is 93.5 Å². The molecule has 0 aliphatic heterocycles. The van der Waals surface area contributed by atoms with Crippen molar-refractivity contribution in [3.8, 4) is 0 Å². The van der Waals surface area contributed by atoms with Crippen LogP contribution in [-0.2, 0) is 32.3 Å². The minimum absolute atomic E-state index is 0.154.